The first-order valence-electron chi connectivity index (χ1n) is 6.42. The Morgan fingerprint density at radius 2 is 2.00 bits per heavy atom. The molecule has 1 fully saturated rings. The minimum absolute atomic E-state index is 0.389. The van der Waals surface area contributed by atoms with Crippen LogP contribution in [0.15, 0.2) is 24.5 Å². The summed E-state index contributed by atoms with van der Waals surface area (Å²) in [5, 5.41) is 3.51. The molecule has 1 N–H and O–H groups in total. The van der Waals surface area contributed by atoms with Crippen molar-refractivity contribution in [3.63, 3.8) is 0 Å². The monoisotopic (exact) mass is 218 g/mol. The SMILES string of the molecule is CCNCC1(c2ccncc2)CC(CC)C1. The first-order valence-corrected chi connectivity index (χ1v) is 6.42. The summed E-state index contributed by atoms with van der Waals surface area (Å²) in [7, 11) is 0. The smallest absolute Gasteiger partial charge is 0.0270 e. The maximum Gasteiger partial charge on any atom is 0.0270 e. The summed E-state index contributed by atoms with van der Waals surface area (Å²) in [5.41, 5.74) is 1.85. The molecule has 2 rings (SSSR count). The lowest BCUT2D eigenvalue weighted by molar-refractivity contribution is 0.134. The fourth-order valence-corrected chi connectivity index (χ4v) is 2.89. The van der Waals surface area contributed by atoms with E-state index in [1.165, 1.54) is 24.8 Å². The van der Waals surface area contributed by atoms with Gasteiger partial charge in [-0.25, -0.2) is 0 Å². The summed E-state index contributed by atoms with van der Waals surface area (Å²) in [6, 6.07) is 4.37. The van der Waals surface area contributed by atoms with Gasteiger partial charge in [0.1, 0.15) is 0 Å². The lowest BCUT2D eigenvalue weighted by Crippen LogP contribution is -2.48. The van der Waals surface area contributed by atoms with Crippen molar-refractivity contribution in [1.29, 1.82) is 0 Å². The zero-order chi connectivity index (χ0) is 11.4. The Kier molecular flexibility index (Phi) is 3.59. The summed E-state index contributed by atoms with van der Waals surface area (Å²) in [6.45, 7) is 6.65. The highest BCUT2D eigenvalue weighted by molar-refractivity contribution is 5.27. The van der Waals surface area contributed by atoms with E-state index in [-0.39, 0.29) is 0 Å². The number of nitrogens with one attached hydrogen (secondary N) is 1. The van der Waals surface area contributed by atoms with Gasteiger partial charge in [-0.05, 0) is 43.0 Å². The normalized spacial score (nSPS) is 28.8. The zero-order valence-electron chi connectivity index (χ0n) is 10.4. The Morgan fingerprint density at radius 1 is 1.31 bits per heavy atom. The molecule has 1 aliphatic rings. The van der Waals surface area contributed by atoms with Crippen molar-refractivity contribution in [3.05, 3.63) is 30.1 Å². The van der Waals surface area contributed by atoms with Crippen molar-refractivity contribution in [2.75, 3.05) is 13.1 Å². The molecule has 0 unspecified atom stereocenters. The van der Waals surface area contributed by atoms with E-state index in [9.17, 15) is 0 Å². The van der Waals surface area contributed by atoms with Crippen LogP contribution in [-0.2, 0) is 5.41 Å². The standard InChI is InChI=1S/C14H22N2/c1-3-12-9-14(10-12,11-15-4-2)13-5-7-16-8-6-13/h5-8,12,15H,3-4,9-11H2,1-2H3. The molecular formula is C14H22N2. The van der Waals surface area contributed by atoms with Gasteiger partial charge < -0.3 is 5.32 Å². The van der Waals surface area contributed by atoms with E-state index in [1.54, 1.807) is 0 Å². The van der Waals surface area contributed by atoms with Gasteiger partial charge in [0.15, 0.2) is 0 Å². The number of likely N-dealkylation sites (N-methyl/N-ethyl adjacent to an activating group) is 1. The molecular weight excluding hydrogens is 196 g/mol. The van der Waals surface area contributed by atoms with E-state index in [1.807, 2.05) is 12.4 Å². The van der Waals surface area contributed by atoms with E-state index >= 15 is 0 Å². The van der Waals surface area contributed by atoms with Gasteiger partial charge in [0, 0.05) is 24.4 Å². The molecule has 1 saturated carbocycles. The van der Waals surface area contributed by atoms with Crippen LogP contribution in [0.3, 0.4) is 0 Å². The van der Waals surface area contributed by atoms with Gasteiger partial charge in [0.25, 0.3) is 0 Å². The largest absolute Gasteiger partial charge is 0.316 e. The second-order valence-corrected chi connectivity index (χ2v) is 4.98. The molecule has 2 nitrogen and oxygen atoms in total. The van der Waals surface area contributed by atoms with Crippen molar-refractivity contribution in [3.8, 4) is 0 Å². The molecule has 2 heteroatoms. The third-order valence-corrected chi connectivity index (χ3v) is 3.94. The summed E-state index contributed by atoms with van der Waals surface area (Å²) in [4.78, 5) is 4.12. The molecule has 1 heterocycles. The Balaban J connectivity index is 2.11. The van der Waals surface area contributed by atoms with Crippen molar-refractivity contribution in [2.45, 2.75) is 38.5 Å². The number of hydrogen-bond acceptors (Lipinski definition) is 2. The predicted molar refractivity (Wildman–Crippen MR) is 67.5 cm³/mol. The van der Waals surface area contributed by atoms with Crippen LogP contribution >= 0.6 is 0 Å². The minimum Gasteiger partial charge on any atom is -0.316 e. The Bertz CT molecular complexity index is 309. The highest BCUT2D eigenvalue weighted by Gasteiger charge is 2.43. The van der Waals surface area contributed by atoms with Gasteiger partial charge >= 0.3 is 0 Å². The van der Waals surface area contributed by atoms with Crippen LogP contribution in [0, 0.1) is 5.92 Å². The number of rotatable bonds is 5. The Hall–Kier alpha value is -0.890. The average Bonchev–Trinajstić information content (AvgIpc) is 2.29. The molecule has 0 radical (unpaired) electrons. The fraction of sp³-hybridized carbons (Fsp3) is 0.643. The molecule has 0 bridgehead atoms. The lowest BCUT2D eigenvalue weighted by atomic mass is 9.58. The van der Waals surface area contributed by atoms with Crippen molar-refractivity contribution < 1.29 is 0 Å². The van der Waals surface area contributed by atoms with Crippen molar-refractivity contribution >= 4 is 0 Å². The van der Waals surface area contributed by atoms with Crippen molar-refractivity contribution in [2.24, 2.45) is 5.92 Å². The molecule has 0 amide bonds. The van der Waals surface area contributed by atoms with E-state index in [2.05, 4.69) is 36.3 Å². The number of pyridine rings is 1. The highest BCUT2D eigenvalue weighted by Crippen LogP contribution is 2.48. The Labute approximate surface area is 98.5 Å². The van der Waals surface area contributed by atoms with Crippen LogP contribution < -0.4 is 5.32 Å². The van der Waals surface area contributed by atoms with E-state index < -0.39 is 0 Å². The molecule has 0 atom stereocenters. The Morgan fingerprint density at radius 3 is 2.56 bits per heavy atom. The van der Waals surface area contributed by atoms with Gasteiger partial charge in [0.05, 0.1) is 0 Å². The van der Waals surface area contributed by atoms with Crippen LogP contribution in [0.25, 0.3) is 0 Å². The van der Waals surface area contributed by atoms with Gasteiger partial charge in [-0.15, -0.1) is 0 Å². The van der Waals surface area contributed by atoms with Gasteiger partial charge in [-0.3, -0.25) is 4.98 Å². The van der Waals surface area contributed by atoms with Crippen molar-refractivity contribution in [1.82, 2.24) is 10.3 Å². The van der Waals surface area contributed by atoms with Crippen LogP contribution in [0.4, 0.5) is 0 Å². The number of aromatic nitrogens is 1. The molecule has 0 aromatic carbocycles. The average molecular weight is 218 g/mol. The van der Waals surface area contributed by atoms with E-state index in [0.29, 0.717) is 5.41 Å². The summed E-state index contributed by atoms with van der Waals surface area (Å²) in [5.74, 6) is 0.923. The minimum atomic E-state index is 0.389. The molecule has 1 aliphatic carbocycles. The number of hydrogen-bond donors (Lipinski definition) is 1. The number of nitrogens with zero attached hydrogens (tertiary/aromatic N) is 1. The van der Waals surface area contributed by atoms with E-state index in [0.717, 1.165) is 19.0 Å². The maximum absolute atomic E-state index is 4.12. The summed E-state index contributed by atoms with van der Waals surface area (Å²) < 4.78 is 0. The van der Waals surface area contributed by atoms with E-state index in [4.69, 9.17) is 0 Å². The molecule has 0 aliphatic heterocycles. The topological polar surface area (TPSA) is 24.9 Å². The second kappa shape index (κ2) is 4.96. The molecule has 0 spiro atoms. The summed E-state index contributed by atoms with van der Waals surface area (Å²) in [6.07, 6.45) is 7.82. The molecule has 0 saturated heterocycles. The van der Waals surface area contributed by atoms with Crippen LogP contribution in [0.1, 0.15) is 38.7 Å². The molecule has 88 valence electrons. The lowest BCUT2D eigenvalue weighted by Gasteiger charge is -2.48. The zero-order valence-corrected chi connectivity index (χ0v) is 10.4. The van der Waals surface area contributed by atoms with Crippen LogP contribution in [-0.4, -0.2) is 18.1 Å². The predicted octanol–water partition coefficient (Wildman–Crippen LogP) is 2.75. The first-order chi connectivity index (χ1) is 7.80. The third kappa shape index (κ3) is 2.12. The third-order valence-electron chi connectivity index (χ3n) is 3.94. The van der Waals surface area contributed by atoms with Gasteiger partial charge in [-0.2, -0.15) is 0 Å². The molecule has 1 aromatic heterocycles. The fourth-order valence-electron chi connectivity index (χ4n) is 2.89. The van der Waals surface area contributed by atoms with Gasteiger partial charge in [0.2, 0.25) is 0 Å². The second-order valence-electron chi connectivity index (χ2n) is 4.98. The van der Waals surface area contributed by atoms with Crippen LogP contribution in [0.2, 0.25) is 0 Å². The maximum atomic E-state index is 4.12. The van der Waals surface area contributed by atoms with Crippen LogP contribution in [0.5, 0.6) is 0 Å². The summed E-state index contributed by atoms with van der Waals surface area (Å²) >= 11 is 0. The van der Waals surface area contributed by atoms with Gasteiger partial charge in [-0.1, -0.05) is 20.3 Å². The molecule has 1 aromatic rings. The highest BCUT2D eigenvalue weighted by atomic mass is 14.9. The first kappa shape index (κ1) is 11.6. The quantitative estimate of drug-likeness (QED) is 0.822. The molecule has 16 heavy (non-hydrogen) atoms.